The van der Waals surface area contributed by atoms with E-state index < -0.39 is 0 Å². The van der Waals surface area contributed by atoms with Crippen LogP contribution >= 0.6 is 0 Å². The Kier molecular flexibility index (Phi) is 6.14. The van der Waals surface area contributed by atoms with Crippen molar-refractivity contribution in [3.05, 3.63) is 35.6 Å². The molecule has 0 saturated carbocycles. The summed E-state index contributed by atoms with van der Waals surface area (Å²) in [6, 6.07) is 6.15. The van der Waals surface area contributed by atoms with E-state index in [0.717, 1.165) is 51.3 Å². The maximum Gasteiger partial charge on any atom is 0.227 e. The number of piperazine rings is 1. The molecule has 0 N–H and O–H groups in total. The number of halogens is 1. The minimum absolute atomic E-state index is 0.123. The number of nitrogens with zero attached hydrogens (tertiary/aromatic N) is 2. The van der Waals surface area contributed by atoms with Crippen LogP contribution in [0.5, 0.6) is 0 Å². The van der Waals surface area contributed by atoms with E-state index in [1.54, 1.807) is 19.2 Å². The summed E-state index contributed by atoms with van der Waals surface area (Å²) in [7, 11) is 1.71. The molecule has 0 atom stereocenters. The second-order valence-corrected chi connectivity index (χ2v) is 5.37. The van der Waals surface area contributed by atoms with Gasteiger partial charge >= 0.3 is 0 Å². The Hall–Kier alpha value is -1.46. The summed E-state index contributed by atoms with van der Waals surface area (Å²) < 4.78 is 17.9. The molecule has 2 rings (SSSR count). The Labute approximate surface area is 125 Å². The molecule has 1 aliphatic heterocycles. The quantitative estimate of drug-likeness (QED) is 0.746. The zero-order valence-electron chi connectivity index (χ0n) is 12.6. The topological polar surface area (TPSA) is 32.8 Å². The fourth-order valence-electron chi connectivity index (χ4n) is 2.54. The number of benzene rings is 1. The fourth-order valence-corrected chi connectivity index (χ4v) is 2.54. The lowest BCUT2D eigenvalue weighted by Gasteiger charge is -2.34. The summed E-state index contributed by atoms with van der Waals surface area (Å²) in [5, 5.41) is 0. The predicted molar refractivity (Wildman–Crippen MR) is 79.6 cm³/mol. The van der Waals surface area contributed by atoms with Gasteiger partial charge in [0.05, 0.1) is 6.42 Å². The van der Waals surface area contributed by atoms with Crippen LogP contribution in [0.1, 0.15) is 12.0 Å². The summed E-state index contributed by atoms with van der Waals surface area (Å²) >= 11 is 0. The lowest BCUT2D eigenvalue weighted by atomic mass is 10.1. The Bertz CT molecular complexity index is 442. The van der Waals surface area contributed by atoms with Crippen molar-refractivity contribution in [2.45, 2.75) is 12.8 Å². The minimum Gasteiger partial charge on any atom is -0.385 e. The molecule has 1 aromatic carbocycles. The summed E-state index contributed by atoms with van der Waals surface area (Å²) in [6.45, 7) is 5.18. The lowest BCUT2D eigenvalue weighted by Crippen LogP contribution is -2.49. The zero-order chi connectivity index (χ0) is 15.1. The molecule has 1 aliphatic rings. The van der Waals surface area contributed by atoms with Crippen LogP contribution in [0.25, 0.3) is 0 Å². The van der Waals surface area contributed by atoms with Gasteiger partial charge in [-0.2, -0.15) is 0 Å². The molecule has 0 unspecified atom stereocenters. The van der Waals surface area contributed by atoms with Gasteiger partial charge in [0.15, 0.2) is 0 Å². The number of methoxy groups -OCH3 is 1. The van der Waals surface area contributed by atoms with Gasteiger partial charge in [0.25, 0.3) is 0 Å². The van der Waals surface area contributed by atoms with Crippen molar-refractivity contribution in [3.8, 4) is 0 Å². The molecule has 4 nitrogen and oxygen atoms in total. The highest BCUT2D eigenvalue weighted by atomic mass is 19.1. The Balaban J connectivity index is 1.74. The molecular weight excluding hydrogens is 271 g/mol. The largest absolute Gasteiger partial charge is 0.385 e. The van der Waals surface area contributed by atoms with E-state index in [2.05, 4.69) is 4.90 Å². The summed E-state index contributed by atoms with van der Waals surface area (Å²) in [5.74, 6) is -0.144. The first kappa shape index (κ1) is 15.9. The van der Waals surface area contributed by atoms with E-state index in [0.29, 0.717) is 6.42 Å². The van der Waals surface area contributed by atoms with E-state index in [4.69, 9.17) is 4.74 Å². The average Bonchev–Trinajstić information content (AvgIpc) is 2.50. The molecule has 1 fully saturated rings. The van der Waals surface area contributed by atoms with Gasteiger partial charge in [0.1, 0.15) is 5.82 Å². The highest BCUT2D eigenvalue weighted by Gasteiger charge is 2.20. The summed E-state index contributed by atoms with van der Waals surface area (Å²) in [4.78, 5) is 16.5. The number of hydrogen-bond donors (Lipinski definition) is 0. The van der Waals surface area contributed by atoms with Crippen LogP contribution in [-0.2, 0) is 16.0 Å². The van der Waals surface area contributed by atoms with Gasteiger partial charge in [-0.1, -0.05) is 12.1 Å². The van der Waals surface area contributed by atoms with Crippen LogP contribution in [-0.4, -0.2) is 62.1 Å². The van der Waals surface area contributed by atoms with Crippen LogP contribution < -0.4 is 0 Å². The van der Waals surface area contributed by atoms with Crippen LogP contribution in [0.2, 0.25) is 0 Å². The number of rotatable bonds is 6. The van der Waals surface area contributed by atoms with Crippen molar-refractivity contribution in [2.24, 2.45) is 0 Å². The van der Waals surface area contributed by atoms with E-state index in [1.165, 1.54) is 12.1 Å². The van der Waals surface area contributed by atoms with Gasteiger partial charge in [-0.15, -0.1) is 0 Å². The lowest BCUT2D eigenvalue weighted by molar-refractivity contribution is -0.132. The van der Waals surface area contributed by atoms with Crippen LogP contribution in [0.3, 0.4) is 0 Å². The third kappa shape index (κ3) is 5.10. The Morgan fingerprint density at radius 1 is 1.19 bits per heavy atom. The number of hydrogen-bond acceptors (Lipinski definition) is 3. The van der Waals surface area contributed by atoms with Crippen LogP contribution in [0, 0.1) is 5.82 Å². The SMILES string of the molecule is COCCCN1CCN(C(=O)Cc2ccc(F)cc2)CC1. The monoisotopic (exact) mass is 294 g/mol. The van der Waals surface area contributed by atoms with Gasteiger partial charge < -0.3 is 9.64 Å². The Morgan fingerprint density at radius 2 is 1.86 bits per heavy atom. The molecule has 0 bridgehead atoms. The second-order valence-electron chi connectivity index (χ2n) is 5.37. The maximum atomic E-state index is 12.8. The molecule has 1 aromatic rings. The van der Waals surface area contributed by atoms with Gasteiger partial charge in [0.2, 0.25) is 5.91 Å². The molecule has 21 heavy (non-hydrogen) atoms. The molecule has 116 valence electrons. The molecule has 0 aromatic heterocycles. The van der Waals surface area contributed by atoms with Crippen LogP contribution in [0.15, 0.2) is 24.3 Å². The maximum absolute atomic E-state index is 12.8. The number of ether oxygens (including phenoxy) is 1. The first-order valence-corrected chi connectivity index (χ1v) is 7.42. The average molecular weight is 294 g/mol. The Morgan fingerprint density at radius 3 is 2.48 bits per heavy atom. The molecule has 0 aliphatic carbocycles. The van der Waals surface area contributed by atoms with Crippen LogP contribution in [0.4, 0.5) is 4.39 Å². The standard InChI is InChI=1S/C16H23FN2O2/c1-21-12-2-7-18-8-10-19(11-9-18)16(20)13-14-3-5-15(17)6-4-14/h3-6H,2,7-13H2,1H3. The van der Waals surface area contributed by atoms with Gasteiger partial charge in [-0.05, 0) is 24.1 Å². The summed E-state index contributed by atoms with van der Waals surface area (Å²) in [6.07, 6.45) is 1.38. The normalized spacial score (nSPS) is 16.2. The first-order valence-electron chi connectivity index (χ1n) is 7.42. The molecule has 0 spiro atoms. The molecule has 0 radical (unpaired) electrons. The van der Waals surface area contributed by atoms with E-state index in [1.807, 2.05) is 4.90 Å². The summed E-state index contributed by atoms with van der Waals surface area (Å²) in [5.41, 5.74) is 0.865. The molecular formula is C16H23FN2O2. The van der Waals surface area contributed by atoms with Crippen molar-refractivity contribution >= 4 is 5.91 Å². The molecule has 1 amide bonds. The highest BCUT2D eigenvalue weighted by molar-refractivity contribution is 5.78. The van der Waals surface area contributed by atoms with Crippen molar-refractivity contribution in [2.75, 3.05) is 46.4 Å². The fraction of sp³-hybridized carbons (Fsp3) is 0.562. The van der Waals surface area contributed by atoms with Gasteiger partial charge in [-0.25, -0.2) is 4.39 Å². The molecule has 1 saturated heterocycles. The van der Waals surface area contributed by atoms with E-state index >= 15 is 0 Å². The zero-order valence-corrected chi connectivity index (χ0v) is 12.6. The predicted octanol–water partition coefficient (Wildman–Crippen LogP) is 1.55. The van der Waals surface area contributed by atoms with Crippen molar-refractivity contribution in [3.63, 3.8) is 0 Å². The number of carbonyl (C=O) groups excluding carboxylic acids is 1. The number of carbonyl (C=O) groups is 1. The molecule has 1 heterocycles. The van der Waals surface area contributed by atoms with Crippen molar-refractivity contribution < 1.29 is 13.9 Å². The minimum atomic E-state index is -0.268. The number of amides is 1. The third-order valence-electron chi connectivity index (χ3n) is 3.82. The van der Waals surface area contributed by atoms with Crippen molar-refractivity contribution in [1.29, 1.82) is 0 Å². The van der Waals surface area contributed by atoms with E-state index in [-0.39, 0.29) is 11.7 Å². The smallest absolute Gasteiger partial charge is 0.227 e. The first-order chi connectivity index (χ1) is 10.2. The highest BCUT2D eigenvalue weighted by Crippen LogP contribution is 2.08. The van der Waals surface area contributed by atoms with Gasteiger partial charge in [0, 0.05) is 46.4 Å². The second kappa shape index (κ2) is 8.10. The van der Waals surface area contributed by atoms with Gasteiger partial charge in [-0.3, -0.25) is 9.69 Å². The van der Waals surface area contributed by atoms with Crippen molar-refractivity contribution in [1.82, 2.24) is 9.80 Å². The van der Waals surface area contributed by atoms with E-state index in [9.17, 15) is 9.18 Å². The molecule has 5 heteroatoms. The third-order valence-corrected chi connectivity index (χ3v) is 3.82.